The molecule has 0 bridgehead atoms. The number of nitrogens with zero attached hydrogens (tertiary/aromatic N) is 1. The van der Waals surface area contributed by atoms with E-state index in [0.717, 1.165) is 5.56 Å². The van der Waals surface area contributed by atoms with Crippen LogP contribution in [0.1, 0.15) is 19.4 Å². The second kappa shape index (κ2) is 5.40. The van der Waals surface area contributed by atoms with E-state index in [1.165, 1.54) is 0 Å². The molecule has 2 rings (SSSR count). The van der Waals surface area contributed by atoms with Gasteiger partial charge in [0.1, 0.15) is 23.2 Å². The zero-order valence-corrected chi connectivity index (χ0v) is 10.8. The smallest absolute Gasteiger partial charge is 0.349 e. The van der Waals surface area contributed by atoms with E-state index in [1.807, 2.05) is 24.3 Å². The Balaban J connectivity index is 2.61. The van der Waals surface area contributed by atoms with E-state index < -0.39 is 5.97 Å². The molecular weight excluding hydrogens is 242 g/mol. The number of ether oxygens (including phenoxy) is 2. The summed E-state index contributed by atoms with van der Waals surface area (Å²) in [6, 6.07) is 9.20. The molecule has 4 nitrogen and oxygen atoms in total. The summed E-state index contributed by atoms with van der Waals surface area (Å²) in [5.41, 5.74) is 1.26. The lowest BCUT2D eigenvalue weighted by atomic mass is 9.97. The number of allylic oxidation sites excluding steroid dienone is 3. The van der Waals surface area contributed by atoms with Crippen molar-refractivity contribution in [3.8, 4) is 11.8 Å². The maximum Gasteiger partial charge on any atom is 0.349 e. The van der Waals surface area contributed by atoms with Crippen molar-refractivity contribution in [3.05, 3.63) is 47.2 Å². The number of benzene rings is 1. The number of hydrogen-bond acceptors (Lipinski definition) is 4. The molecule has 96 valence electrons. The molecule has 0 fully saturated rings. The molecule has 0 atom stereocenters. The van der Waals surface area contributed by atoms with Crippen molar-refractivity contribution in [3.63, 3.8) is 0 Å². The maximum atomic E-state index is 11.8. The third-order valence-corrected chi connectivity index (χ3v) is 2.66. The first-order chi connectivity index (χ1) is 9.17. The van der Waals surface area contributed by atoms with Gasteiger partial charge in [-0.05, 0) is 26.0 Å². The van der Waals surface area contributed by atoms with Crippen molar-refractivity contribution >= 4 is 11.5 Å². The lowest BCUT2D eigenvalue weighted by Crippen LogP contribution is -2.11. The Labute approximate surface area is 111 Å². The van der Waals surface area contributed by atoms with Gasteiger partial charge in [-0.2, -0.15) is 5.26 Å². The van der Waals surface area contributed by atoms with E-state index in [4.69, 9.17) is 9.47 Å². The summed E-state index contributed by atoms with van der Waals surface area (Å²) in [5.74, 6) is 0.654. The van der Waals surface area contributed by atoms with Crippen molar-refractivity contribution in [1.82, 2.24) is 0 Å². The van der Waals surface area contributed by atoms with Crippen LogP contribution in [0, 0.1) is 11.3 Å². The topological polar surface area (TPSA) is 59.3 Å². The summed E-state index contributed by atoms with van der Waals surface area (Å²) in [4.78, 5) is 11.8. The number of hydrogen-bond donors (Lipinski definition) is 0. The van der Waals surface area contributed by atoms with Crippen LogP contribution in [-0.2, 0) is 9.53 Å². The van der Waals surface area contributed by atoms with Gasteiger partial charge in [-0.1, -0.05) is 18.2 Å². The first kappa shape index (κ1) is 12.9. The largest absolute Gasteiger partial charge is 0.462 e. The van der Waals surface area contributed by atoms with E-state index in [9.17, 15) is 10.1 Å². The first-order valence-corrected chi connectivity index (χ1v) is 5.94. The quantitative estimate of drug-likeness (QED) is 0.463. The molecule has 0 radical (unpaired) electrons. The average molecular weight is 255 g/mol. The van der Waals surface area contributed by atoms with Gasteiger partial charge in [0.2, 0.25) is 0 Å². The van der Waals surface area contributed by atoms with Gasteiger partial charge in [0.25, 0.3) is 0 Å². The Bertz CT molecular complexity index is 621. The number of nitriles is 1. The molecule has 1 aromatic rings. The summed E-state index contributed by atoms with van der Waals surface area (Å²) >= 11 is 0. The Hall–Kier alpha value is -2.54. The molecule has 0 N–H and O–H groups in total. The number of carbonyl (C=O) groups is 1. The van der Waals surface area contributed by atoms with Crippen LogP contribution in [0.4, 0.5) is 0 Å². The third-order valence-electron chi connectivity index (χ3n) is 2.66. The Morgan fingerprint density at radius 1 is 1.42 bits per heavy atom. The van der Waals surface area contributed by atoms with Gasteiger partial charge in [-0.25, -0.2) is 4.79 Å². The predicted molar refractivity (Wildman–Crippen MR) is 70.0 cm³/mol. The highest BCUT2D eigenvalue weighted by Crippen LogP contribution is 2.35. The van der Waals surface area contributed by atoms with E-state index in [0.29, 0.717) is 17.1 Å². The van der Waals surface area contributed by atoms with Crippen LogP contribution in [0.15, 0.2) is 41.7 Å². The van der Waals surface area contributed by atoms with Crippen LogP contribution >= 0.6 is 0 Å². The van der Waals surface area contributed by atoms with E-state index in [1.54, 1.807) is 26.0 Å². The molecule has 0 saturated carbocycles. The number of esters is 1. The predicted octanol–water partition coefficient (Wildman–Crippen LogP) is 2.82. The molecule has 4 heteroatoms. The van der Waals surface area contributed by atoms with E-state index in [2.05, 4.69) is 0 Å². The number of rotatable bonds is 2. The van der Waals surface area contributed by atoms with Crippen LogP contribution < -0.4 is 4.74 Å². The van der Waals surface area contributed by atoms with Gasteiger partial charge >= 0.3 is 5.97 Å². The molecule has 0 unspecified atom stereocenters. The Kier molecular flexibility index (Phi) is 3.67. The zero-order valence-electron chi connectivity index (χ0n) is 10.8. The second-order valence-corrected chi connectivity index (χ2v) is 3.97. The molecule has 19 heavy (non-hydrogen) atoms. The highest BCUT2D eigenvalue weighted by molar-refractivity contribution is 6.04. The fraction of sp³-hybridized carbons (Fsp3) is 0.200. The molecule has 1 aliphatic rings. The molecular formula is C15H13NO3. The molecule has 0 spiro atoms. The van der Waals surface area contributed by atoms with Gasteiger partial charge in [0, 0.05) is 11.1 Å². The lowest BCUT2D eigenvalue weighted by Gasteiger charge is -2.18. The fourth-order valence-electron chi connectivity index (χ4n) is 1.89. The number of para-hydroxylation sites is 1. The van der Waals surface area contributed by atoms with Gasteiger partial charge in [0.05, 0.1) is 6.61 Å². The third kappa shape index (κ3) is 2.50. The molecule has 1 aromatic carbocycles. The Morgan fingerprint density at radius 3 is 2.84 bits per heavy atom. The highest BCUT2D eigenvalue weighted by Gasteiger charge is 2.22. The standard InChI is InChI=1S/C15H13NO3/c1-3-18-15(17)13(9-16)12-8-10(2)19-14-7-5-4-6-11(12)14/h4-8H,3H2,1-2H3/b13-12-. The van der Waals surface area contributed by atoms with E-state index in [-0.39, 0.29) is 12.2 Å². The summed E-state index contributed by atoms with van der Waals surface area (Å²) in [7, 11) is 0. The van der Waals surface area contributed by atoms with Crippen molar-refractivity contribution in [2.24, 2.45) is 0 Å². The monoisotopic (exact) mass is 255 g/mol. The average Bonchev–Trinajstić information content (AvgIpc) is 2.39. The van der Waals surface area contributed by atoms with Crippen LogP contribution in [0.5, 0.6) is 5.75 Å². The minimum absolute atomic E-state index is 0.00282. The van der Waals surface area contributed by atoms with Crippen molar-refractivity contribution in [1.29, 1.82) is 5.26 Å². The number of fused-ring (bicyclic) bond motifs is 1. The summed E-state index contributed by atoms with van der Waals surface area (Å²) in [6.07, 6.45) is 1.68. The van der Waals surface area contributed by atoms with Gasteiger partial charge in [-0.3, -0.25) is 0 Å². The molecule has 1 aliphatic heterocycles. The minimum Gasteiger partial charge on any atom is -0.462 e. The second-order valence-electron chi connectivity index (χ2n) is 3.97. The zero-order chi connectivity index (χ0) is 13.8. The molecule has 1 heterocycles. The summed E-state index contributed by atoms with van der Waals surface area (Å²) in [5, 5.41) is 9.21. The Morgan fingerprint density at radius 2 is 2.16 bits per heavy atom. The lowest BCUT2D eigenvalue weighted by molar-refractivity contribution is -0.137. The van der Waals surface area contributed by atoms with Gasteiger partial charge in [-0.15, -0.1) is 0 Å². The highest BCUT2D eigenvalue weighted by atomic mass is 16.5. The molecule has 0 aromatic heterocycles. The normalized spacial score (nSPS) is 15.5. The van der Waals surface area contributed by atoms with Crippen LogP contribution in [0.25, 0.3) is 5.57 Å². The van der Waals surface area contributed by atoms with Crippen molar-refractivity contribution in [2.45, 2.75) is 13.8 Å². The fourth-order valence-corrected chi connectivity index (χ4v) is 1.89. The van der Waals surface area contributed by atoms with Crippen LogP contribution in [-0.4, -0.2) is 12.6 Å². The van der Waals surface area contributed by atoms with Gasteiger partial charge in [0.15, 0.2) is 0 Å². The SMILES string of the molecule is CCOC(=O)/C(C#N)=C1/C=C(C)Oc2ccccc21. The molecule has 0 aliphatic carbocycles. The van der Waals surface area contributed by atoms with Crippen LogP contribution in [0.2, 0.25) is 0 Å². The van der Waals surface area contributed by atoms with Crippen molar-refractivity contribution in [2.75, 3.05) is 6.61 Å². The molecule has 0 amide bonds. The van der Waals surface area contributed by atoms with E-state index >= 15 is 0 Å². The minimum atomic E-state index is -0.610. The molecule has 0 saturated heterocycles. The first-order valence-electron chi connectivity index (χ1n) is 5.94. The van der Waals surface area contributed by atoms with Crippen LogP contribution in [0.3, 0.4) is 0 Å². The number of carbonyl (C=O) groups excluding carboxylic acids is 1. The summed E-state index contributed by atoms with van der Waals surface area (Å²) in [6.45, 7) is 3.71. The van der Waals surface area contributed by atoms with Crippen molar-refractivity contribution < 1.29 is 14.3 Å². The maximum absolute atomic E-state index is 11.8. The summed E-state index contributed by atoms with van der Waals surface area (Å²) < 4.78 is 10.5. The van der Waals surface area contributed by atoms with Gasteiger partial charge < -0.3 is 9.47 Å².